The Morgan fingerprint density at radius 2 is 1.88 bits per heavy atom. The van der Waals surface area contributed by atoms with E-state index in [1.54, 1.807) is 0 Å². The van der Waals surface area contributed by atoms with Gasteiger partial charge in [-0.05, 0) is 44.1 Å². The van der Waals surface area contributed by atoms with Gasteiger partial charge in [-0.3, -0.25) is 9.48 Å². The molecule has 2 aromatic rings. The Balaban J connectivity index is 1.31. The Labute approximate surface area is 191 Å². The third kappa shape index (κ3) is 4.66. The highest BCUT2D eigenvalue weighted by Gasteiger charge is 2.29. The van der Waals surface area contributed by atoms with E-state index in [1.165, 1.54) is 38.5 Å². The first-order valence-corrected chi connectivity index (χ1v) is 12.6. The van der Waals surface area contributed by atoms with Gasteiger partial charge in [0.1, 0.15) is 0 Å². The highest BCUT2D eigenvalue weighted by atomic mass is 16.2. The van der Waals surface area contributed by atoms with Gasteiger partial charge in [-0.15, -0.1) is 0 Å². The average molecular weight is 437 g/mol. The summed E-state index contributed by atoms with van der Waals surface area (Å²) in [6.07, 6.45) is 15.5. The van der Waals surface area contributed by atoms with Gasteiger partial charge >= 0.3 is 0 Å². The number of carbonyl (C=O) groups excluding carboxylic acids is 1. The van der Waals surface area contributed by atoms with Crippen molar-refractivity contribution in [2.24, 2.45) is 13.0 Å². The number of anilines is 1. The van der Waals surface area contributed by atoms with Gasteiger partial charge in [0.15, 0.2) is 0 Å². The van der Waals surface area contributed by atoms with Gasteiger partial charge in [0.25, 0.3) is 0 Å². The molecule has 2 aromatic heterocycles. The van der Waals surface area contributed by atoms with Crippen LogP contribution in [-0.2, 0) is 11.8 Å². The fourth-order valence-corrected chi connectivity index (χ4v) is 5.78. The van der Waals surface area contributed by atoms with Crippen molar-refractivity contribution in [1.29, 1.82) is 0 Å². The number of hydrogen-bond donors (Lipinski definition) is 0. The fraction of sp³-hybridized carbons (Fsp3) is 0.680. The molecule has 1 atom stereocenters. The summed E-state index contributed by atoms with van der Waals surface area (Å²) in [7, 11) is 1.98. The molecule has 3 aliphatic rings. The van der Waals surface area contributed by atoms with Crippen LogP contribution in [0, 0.1) is 5.92 Å². The van der Waals surface area contributed by atoms with Crippen molar-refractivity contribution in [1.82, 2.24) is 24.6 Å². The Kier molecular flexibility index (Phi) is 6.42. The summed E-state index contributed by atoms with van der Waals surface area (Å²) in [6, 6.07) is 1.99. The van der Waals surface area contributed by atoms with Crippen LogP contribution in [0.2, 0.25) is 0 Å². The van der Waals surface area contributed by atoms with Crippen molar-refractivity contribution in [3.05, 3.63) is 24.2 Å². The Hall–Kier alpha value is -2.44. The predicted octanol–water partition coefficient (Wildman–Crippen LogP) is 4.15. The topological polar surface area (TPSA) is 67.2 Å². The first-order valence-electron chi connectivity index (χ1n) is 12.6. The van der Waals surface area contributed by atoms with Gasteiger partial charge in [-0.25, -0.2) is 9.97 Å². The minimum atomic E-state index is 0.264. The number of carbonyl (C=O) groups is 1. The molecule has 1 unspecified atom stereocenters. The van der Waals surface area contributed by atoms with Crippen LogP contribution in [0.1, 0.15) is 75.8 Å². The number of aromatic nitrogens is 4. The van der Waals surface area contributed by atoms with Gasteiger partial charge in [0, 0.05) is 63.5 Å². The van der Waals surface area contributed by atoms with Crippen LogP contribution in [0.25, 0.3) is 11.3 Å². The van der Waals surface area contributed by atoms with Crippen LogP contribution in [0.5, 0.6) is 0 Å². The van der Waals surface area contributed by atoms with Gasteiger partial charge in [-0.1, -0.05) is 25.7 Å². The van der Waals surface area contributed by atoms with Crippen LogP contribution < -0.4 is 4.90 Å². The first kappa shape index (κ1) is 21.4. The molecule has 7 heteroatoms. The molecule has 0 aromatic carbocycles. The molecule has 7 nitrogen and oxygen atoms in total. The van der Waals surface area contributed by atoms with E-state index >= 15 is 0 Å². The van der Waals surface area contributed by atoms with Gasteiger partial charge < -0.3 is 9.80 Å². The van der Waals surface area contributed by atoms with E-state index in [0.717, 1.165) is 74.3 Å². The van der Waals surface area contributed by atoms with E-state index in [2.05, 4.69) is 21.0 Å². The molecule has 2 aliphatic heterocycles. The second kappa shape index (κ2) is 9.59. The minimum absolute atomic E-state index is 0.264. The Morgan fingerprint density at radius 3 is 2.69 bits per heavy atom. The van der Waals surface area contributed by atoms with Gasteiger partial charge in [-0.2, -0.15) is 5.10 Å². The molecule has 0 radical (unpaired) electrons. The standard InChI is InChI=1S/C25H36N6O/c1-29-18-21(22-12-13-26-25(27-22)30-14-4-5-15-30)24(28-29)20-9-6-16-31(17-20)23(32)11-10-19-7-2-3-8-19/h12-13,18-20H,2-11,14-17H2,1H3. The van der Waals surface area contributed by atoms with Crippen LogP contribution in [0.3, 0.4) is 0 Å². The number of piperidine rings is 1. The second-order valence-corrected chi connectivity index (χ2v) is 9.91. The van der Waals surface area contributed by atoms with E-state index in [1.807, 2.05) is 24.0 Å². The largest absolute Gasteiger partial charge is 0.342 e. The molecular formula is C25H36N6O. The van der Waals surface area contributed by atoms with Crippen LogP contribution in [0.4, 0.5) is 5.95 Å². The Bertz CT molecular complexity index is 928. The number of amides is 1. The summed E-state index contributed by atoms with van der Waals surface area (Å²) in [6.45, 7) is 3.72. The lowest BCUT2D eigenvalue weighted by Crippen LogP contribution is -2.39. The van der Waals surface area contributed by atoms with Gasteiger partial charge in [0.05, 0.1) is 11.4 Å². The zero-order valence-corrected chi connectivity index (χ0v) is 19.4. The number of likely N-dealkylation sites (tertiary alicyclic amines) is 1. The zero-order valence-electron chi connectivity index (χ0n) is 19.4. The highest BCUT2D eigenvalue weighted by molar-refractivity contribution is 5.76. The van der Waals surface area contributed by atoms with E-state index in [-0.39, 0.29) is 5.92 Å². The lowest BCUT2D eigenvalue weighted by Gasteiger charge is -2.32. The normalized spacial score (nSPS) is 22.1. The molecule has 5 rings (SSSR count). The van der Waals surface area contributed by atoms with E-state index in [0.29, 0.717) is 12.3 Å². The van der Waals surface area contributed by atoms with Crippen molar-refractivity contribution >= 4 is 11.9 Å². The molecule has 0 N–H and O–H groups in total. The molecule has 4 heterocycles. The van der Waals surface area contributed by atoms with Crippen molar-refractivity contribution in [3.63, 3.8) is 0 Å². The Morgan fingerprint density at radius 1 is 1.06 bits per heavy atom. The predicted molar refractivity (Wildman–Crippen MR) is 125 cm³/mol. The molecule has 172 valence electrons. The molecule has 2 saturated heterocycles. The molecule has 0 bridgehead atoms. The maximum atomic E-state index is 13.0. The van der Waals surface area contributed by atoms with Crippen LogP contribution >= 0.6 is 0 Å². The number of hydrogen-bond acceptors (Lipinski definition) is 5. The molecule has 1 amide bonds. The third-order valence-electron chi connectivity index (χ3n) is 7.57. The van der Waals surface area contributed by atoms with E-state index < -0.39 is 0 Å². The summed E-state index contributed by atoms with van der Waals surface area (Å²) in [5.74, 6) is 2.18. The lowest BCUT2D eigenvalue weighted by molar-refractivity contribution is -0.132. The zero-order chi connectivity index (χ0) is 21.9. The smallest absolute Gasteiger partial charge is 0.225 e. The minimum Gasteiger partial charge on any atom is -0.342 e. The van der Waals surface area contributed by atoms with Gasteiger partial charge in [0.2, 0.25) is 11.9 Å². The molecule has 3 fully saturated rings. The average Bonchev–Trinajstić information content (AvgIpc) is 3.60. The van der Waals surface area contributed by atoms with Crippen molar-refractivity contribution in [2.75, 3.05) is 31.1 Å². The van der Waals surface area contributed by atoms with Crippen LogP contribution in [0.15, 0.2) is 18.5 Å². The van der Waals surface area contributed by atoms with E-state index in [9.17, 15) is 4.79 Å². The number of aryl methyl sites for hydroxylation is 1. The summed E-state index contributed by atoms with van der Waals surface area (Å²) in [4.78, 5) is 26.7. The molecule has 1 saturated carbocycles. The van der Waals surface area contributed by atoms with Crippen molar-refractivity contribution in [3.8, 4) is 11.3 Å². The maximum absolute atomic E-state index is 13.0. The van der Waals surface area contributed by atoms with Crippen molar-refractivity contribution in [2.45, 2.75) is 70.1 Å². The maximum Gasteiger partial charge on any atom is 0.225 e. The molecule has 1 aliphatic carbocycles. The summed E-state index contributed by atoms with van der Waals surface area (Å²) < 4.78 is 1.89. The fourth-order valence-electron chi connectivity index (χ4n) is 5.78. The number of rotatable bonds is 6. The summed E-state index contributed by atoms with van der Waals surface area (Å²) >= 11 is 0. The second-order valence-electron chi connectivity index (χ2n) is 9.91. The van der Waals surface area contributed by atoms with Crippen molar-refractivity contribution < 1.29 is 4.79 Å². The van der Waals surface area contributed by atoms with E-state index in [4.69, 9.17) is 10.1 Å². The highest BCUT2D eigenvalue weighted by Crippen LogP contribution is 2.34. The summed E-state index contributed by atoms with van der Waals surface area (Å²) in [5, 5.41) is 4.85. The molecular weight excluding hydrogens is 400 g/mol. The quantitative estimate of drug-likeness (QED) is 0.680. The SMILES string of the molecule is Cn1cc(-c2ccnc(N3CCCC3)n2)c(C2CCCN(C(=O)CCC3CCCC3)C2)n1. The van der Waals surface area contributed by atoms with Crippen LogP contribution in [-0.4, -0.2) is 56.7 Å². The summed E-state index contributed by atoms with van der Waals surface area (Å²) in [5.41, 5.74) is 3.10. The third-order valence-corrected chi connectivity index (χ3v) is 7.57. The molecule has 32 heavy (non-hydrogen) atoms. The monoisotopic (exact) mass is 436 g/mol. The molecule has 0 spiro atoms. The number of nitrogens with zero attached hydrogens (tertiary/aromatic N) is 6. The lowest BCUT2D eigenvalue weighted by atomic mass is 9.91. The first-order chi connectivity index (χ1) is 15.7.